The second-order valence-electron chi connectivity index (χ2n) is 6.89. The molecule has 29 heavy (non-hydrogen) atoms. The lowest BCUT2D eigenvalue weighted by molar-refractivity contribution is 0.102. The van der Waals surface area contributed by atoms with Crippen LogP contribution in [-0.4, -0.2) is 14.3 Å². The Morgan fingerprint density at radius 2 is 1.59 bits per heavy atom. The fourth-order valence-corrected chi connectivity index (χ4v) is 4.24. The Balaban J connectivity index is 1.85. The molecule has 0 spiro atoms. The molecule has 2 N–H and O–H groups in total. The van der Waals surface area contributed by atoms with Gasteiger partial charge in [-0.15, -0.1) is 0 Å². The van der Waals surface area contributed by atoms with Crippen LogP contribution in [0.2, 0.25) is 0 Å². The third-order valence-electron chi connectivity index (χ3n) is 4.38. The molecule has 3 aromatic carbocycles. The van der Waals surface area contributed by atoms with E-state index in [0.29, 0.717) is 5.56 Å². The summed E-state index contributed by atoms with van der Waals surface area (Å²) in [6.45, 7) is 5.32. The Kier molecular flexibility index (Phi) is 5.70. The lowest BCUT2D eigenvalue weighted by Crippen LogP contribution is -2.16. The molecule has 0 bridgehead atoms. The molecule has 0 unspecified atom stereocenters. The Morgan fingerprint density at radius 1 is 0.897 bits per heavy atom. The van der Waals surface area contributed by atoms with E-state index in [9.17, 15) is 17.6 Å². The van der Waals surface area contributed by atoms with E-state index < -0.39 is 21.7 Å². The molecule has 7 heteroatoms. The predicted molar refractivity (Wildman–Crippen MR) is 112 cm³/mol. The number of carbonyl (C=O) groups is 1. The van der Waals surface area contributed by atoms with E-state index in [1.165, 1.54) is 24.3 Å². The number of halogens is 1. The summed E-state index contributed by atoms with van der Waals surface area (Å²) in [5.41, 5.74) is 2.75. The topological polar surface area (TPSA) is 75.3 Å². The molecule has 150 valence electrons. The number of aryl methyl sites for hydroxylation is 3. The Morgan fingerprint density at radius 3 is 2.34 bits per heavy atom. The van der Waals surface area contributed by atoms with Gasteiger partial charge >= 0.3 is 0 Å². The molecule has 0 aliphatic carbocycles. The van der Waals surface area contributed by atoms with Crippen LogP contribution in [0.3, 0.4) is 0 Å². The largest absolute Gasteiger partial charge is 0.319 e. The average molecular weight is 412 g/mol. The van der Waals surface area contributed by atoms with Crippen LogP contribution in [0.1, 0.15) is 27.0 Å². The quantitative estimate of drug-likeness (QED) is 0.632. The summed E-state index contributed by atoms with van der Waals surface area (Å²) >= 11 is 0. The normalized spacial score (nSPS) is 11.2. The molecule has 0 saturated carbocycles. The maximum atomic E-state index is 13.9. The smallest absolute Gasteiger partial charge is 0.262 e. The number of hydrogen-bond acceptors (Lipinski definition) is 3. The number of carbonyl (C=O) groups excluding carboxylic acids is 1. The van der Waals surface area contributed by atoms with Gasteiger partial charge in [0, 0.05) is 11.3 Å². The highest BCUT2D eigenvalue weighted by molar-refractivity contribution is 7.92. The van der Waals surface area contributed by atoms with Crippen molar-refractivity contribution in [3.8, 4) is 0 Å². The first-order valence-corrected chi connectivity index (χ1v) is 10.4. The van der Waals surface area contributed by atoms with E-state index in [1.54, 1.807) is 44.2 Å². The van der Waals surface area contributed by atoms with Crippen molar-refractivity contribution in [2.45, 2.75) is 25.7 Å². The van der Waals surface area contributed by atoms with Gasteiger partial charge in [-0.05, 0) is 73.9 Å². The van der Waals surface area contributed by atoms with Crippen LogP contribution in [0, 0.1) is 26.6 Å². The molecule has 0 saturated heterocycles. The van der Waals surface area contributed by atoms with Crippen molar-refractivity contribution >= 4 is 27.3 Å². The van der Waals surface area contributed by atoms with E-state index in [-0.39, 0.29) is 21.8 Å². The molecule has 3 rings (SSSR count). The molecular formula is C22H21FN2O3S. The predicted octanol–water partition coefficient (Wildman–Crippen LogP) is 4.80. The summed E-state index contributed by atoms with van der Waals surface area (Å²) < 4.78 is 41.9. The van der Waals surface area contributed by atoms with Crippen LogP contribution in [-0.2, 0) is 10.0 Å². The monoisotopic (exact) mass is 412 g/mol. The third kappa shape index (κ3) is 4.81. The van der Waals surface area contributed by atoms with Gasteiger partial charge in [-0.3, -0.25) is 9.52 Å². The number of hydrogen-bond donors (Lipinski definition) is 2. The van der Waals surface area contributed by atoms with Gasteiger partial charge in [0.15, 0.2) is 0 Å². The van der Waals surface area contributed by atoms with Crippen LogP contribution in [0.5, 0.6) is 0 Å². The highest BCUT2D eigenvalue weighted by Crippen LogP contribution is 2.22. The first-order valence-electron chi connectivity index (χ1n) is 8.93. The van der Waals surface area contributed by atoms with Gasteiger partial charge in [-0.1, -0.05) is 24.3 Å². The maximum absolute atomic E-state index is 13.9. The number of nitrogens with one attached hydrogen (secondary N) is 2. The van der Waals surface area contributed by atoms with Crippen LogP contribution in [0.15, 0.2) is 65.6 Å². The van der Waals surface area contributed by atoms with Crippen molar-refractivity contribution < 1.29 is 17.6 Å². The summed E-state index contributed by atoms with van der Waals surface area (Å²) in [4.78, 5) is 12.7. The molecule has 0 fully saturated rings. The van der Waals surface area contributed by atoms with Crippen molar-refractivity contribution in [2.75, 3.05) is 10.0 Å². The third-order valence-corrected chi connectivity index (χ3v) is 5.90. The van der Waals surface area contributed by atoms with Crippen molar-refractivity contribution in [3.63, 3.8) is 0 Å². The lowest BCUT2D eigenvalue weighted by atomic mass is 10.1. The van der Waals surface area contributed by atoms with E-state index in [1.807, 2.05) is 13.0 Å². The number of amides is 1. The maximum Gasteiger partial charge on any atom is 0.262 e. The number of sulfonamides is 1. The van der Waals surface area contributed by atoms with E-state index in [0.717, 1.165) is 11.1 Å². The number of anilines is 2. The van der Waals surface area contributed by atoms with Gasteiger partial charge in [0.05, 0.1) is 10.6 Å². The van der Waals surface area contributed by atoms with Gasteiger partial charge in [-0.2, -0.15) is 0 Å². The number of rotatable bonds is 5. The highest BCUT2D eigenvalue weighted by atomic mass is 32.2. The van der Waals surface area contributed by atoms with Crippen LogP contribution in [0.4, 0.5) is 15.8 Å². The second kappa shape index (κ2) is 8.05. The molecule has 0 atom stereocenters. The zero-order valence-electron chi connectivity index (χ0n) is 16.3. The standard InChI is InChI=1S/C22H21FN2O3S/c1-14-8-10-19(23)20(11-14)24-22(26)17-5-4-6-18(13-17)25-29(27,28)21-12-15(2)7-9-16(21)3/h4-13,25H,1-3H3,(H,24,26). The summed E-state index contributed by atoms with van der Waals surface area (Å²) in [7, 11) is -3.82. The first kappa shape index (κ1) is 20.5. The molecular weight excluding hydrogens is 391 g/mol. The summed E-state index contributed by atoms with van der Waals surface area (Å²) in [6.07, 6.45) is 0. The fourth-order valence-electron chi connectivity index (χ4n) is 2.86. The number of benzene rings is 3. The first-order chi connectivity index (χ1) is 13.7. The molecule has 5 nitrogen and oxygen atoms in total. The SMILES string of the molecule is Cc1ccc(F)c(NC(=O)c2cccc(NS(=O)(=O)c3cc(C)ccc3C)c2)c1. The Labute approximate surface area is 169 Å². The van der Waals surface area contributed by atoms with Crippen molar-refractivity contribution in [2.24, 2.45) is 0 Å². The van der Waals surface area contributed by atoms with E-state index in [4.69, 9.17) is 0 Å². The zero-order valence-corrected chi connectivity index (χ0v) is 17.1. The minimum atomic E-state index is -3.82. The Bertz CT molecular complexity index is 1190. The van der Waals surface area contributed by atoms with Gasteiger partial charge in [0.25, 0.3) is 15.9 Å². The van der Waals surface area contributed by atoms with E-state index in [2.05, 4.69) is 10.0 Å². The van der Waals surface area contributed by atoms with Gasteiger partial charge in [-0.25, -0.2) is 12.8 Å². The molecule has 1 amide bonds. The Hall–Kier alpha value is -3.19. The molecule has 0 radical (unpaired) electrons. The van der Waals surface area contributed by atoms with Crippen LogP contribution < -0.4 is 10.0 Å². The minimum absolute atomic E-state index is 0.0661. The summed E-state index contributed by atoms with van der Waals surface area (Å²) in [5.74, 6) is -1.09. The van der Waals surface area contributed by atoms with Crippen molar-refractivity contribution in [1.82, 2.24) is 0 Å². The average Bonchev–Trinajstić information content (AvgIpc) is 2.66. The summed E-state index contributed by atoms with van der Waals surface area (Å²) in [6, 6.07) is 15.6. The lowest BCUT2D eigenvalue weighted by Gasteiger charge is -2.12. The fraction of sp³-hybridized carbons (Fsp3) is 0.136. The second-order valence-corrected chi connectivity index (χ2v) is 8.54. The molecule has 0 aliphatic heterocycles. The highest BCUT2D eigenvalue weighted by Gasteiger charge is 2.18. The van der Waals surface area contributed by atoms with Gasteiger partial charge < -0.3 is 5.32 Å². The zero-order chi connectivity index (χ0) is 21.2. The molecule has 0 aliphatic rings. The summed E-state index contributed by atoms with van der Waals surface area (Å²) in [5, 5.41) is 2.51. The van der Waals surface area contributed by atoms with Gasteiger partial charge in [0.2, 0.25) is 0 Å². The van der Waals surface area contributed by atoms with Gasteiger partial charge in [0.1, 0.15) is 5.82 Å². The van der Waals surface area contributed by atoms with Crippen molar-refractivity contribution in [3.05, 3.63) is 88.7 Å². The molecule has 3 aromatic rings. The van der Waals surface area contributed by atoms with Crippen molar-refractivity contribution in [1.29, 1.82) is 0 Å². The molecule has 0 heterocycles. The van der Waals surface area contributed by atoms with Crippen LogP contribution >= 0.6 is 0 Å². The molecule has 0 aromatic heterocycles. The van der Waals surface area contributed by atoms with E-state index >= 15 is 0 Å². The van der Waals surface area contributed by atoms with Crippen LogP contribution in [0.25, 0.3) is 0 Å². The minimum Gasteiger partial charge on any atom is -0.319 e.